The molecule has 2 aromatic rings. The lowest BCUT2D eigenvalue weighted by Crippen LogP contribution is -2.54. The molecular formula is C24H31Cl2FN4O4S. The van der Waals surface area contributed by atoms with Gasteiger partial charge in [0, 0.05) is 36.7 Å². The highest BCUT2D eigenvalue weighted by atomic mass is 35.5. The van der Waals surface area contributed by atoms with Gasteiger partial charge in [0.05, 0.1) is 5.69 Å². The van der Waals surface area contributed by atoms with E-state index in [-0.39, 0.29) is 29.7 Å². The van der Waals surface area contributed by atoms with Crippen molar-refractivity contribution in [3.8, 4) is 0 Å². The van der Waals surface area contributed by atoms with Crippen LogP contribution in [0.15, 0.2) is 42.5 Å². The summed E-state index contributed by atoms with van der Waals surface area (Å²) in [6.07, 6.45) is 0.246. The monoisotopic (exact) mass is 560 g/mol. The maximum absolute atomic E-state index is 14.7. The molecule has 0 aliphatic rings. The molecule has 2 aromatic carbocycles. The number of benzene rings is 2. The third kappa shape index (κ3) is 7.32. The van der Waals surface area contributed by atoms with Gasteiger partial charge in [-0.25, -0.2) is 8.70 Å². The quantitative estimate of drug-likeness (QED) is 0.448. The fourth-order valence-electron chi connectivity index (χ4n) is 3.49. The zero-order valence-electron chi connectivity index (χ0n) is 20.8. The first-order valence-electron chi connectivity index (χ1n) is 11.3. The van der Waals surface area contributed by atoms with E-state index in [4.69, 9.17) is 23.2 Å². The van der Waals surface area contributed by atoms with Crippen LogP contribution in [0.4, 0.5) is 10.1 Å². The van der Waals surface area contributed by atoms with Crippen LogP contribution in [0.3, 0.4) is 0 Å². The number of nitrogens with zero attached hydrogens (tertiary/aromatic N) is 3. The van der Waals surface area contributed by atoms with E-state index in [2.05, 4.69) is 5.32 Å². The number of para-hydroxylation sites is 1. The first kappa shape index (κ1) is 29.8. The fourth-order valence-corrected chi connectivity index (χ4v) is 5.02. The van der Waals surface area contributed by atoms with E-state index in [1.165, 1.54) is 43.3 Å². The van der Waals surface area contributed by atoms with Crippen LogP contribution in [-0.2, 0) is 26.3 Å². The van der Waals surface area contributed by atoms with Crippen molar-refractivity contribution in [2.45, 2.75) is 45.8 Å². The van der Waals surface area contributed by atoms with Gasteiger partial charge in [0.25, 0.3) is 0 Å². The second-order valence-corrected chi connectivity index (χ2v) is 11.5. The van der Waals surface area contributed by atoms with Crippen LogP contribution < -0.4 is 9.62 Å². The number of anilines is 1. The highest BCUT2D eigenvalue weighted by Crippen LogP contribution is 2.26. The van der Waals surface area contributed by atoms with Crippen molar-refractivity contribution in [3.05, 3.63) is 63.9 Å². The molecule has 1 unspecified atom stereocenters. The minimum atomic E-state index is -4.27. The molecule has 1 N–H and O–H groups in total. The molecule has 36 heavy (non-hydrogen) atoms. The molecule has 198 valence electrons. The van der Waals surface area contributed by atoms with Crippen LogP contribution in [-0.4, -0.2) is 62.2 Å². The summed E-state index contributed by atoms with van der Waals surface area (Å²) >= 11 is 12.3. The van der Waals surface area contributed by atoms with Crippen molar-refractivity contribution in [2.24, 2.45) is 0 Å². The maximum Gasteiger partial charge on any atom is 0.304 e. The van der Waals surface area contributed by atoms with E-state index < -0.39 is 40.4 Å². The molecule has 0 aliphatic heterocycles. The molecule has 0 spiro atoms. The number of carbonyl (C=O) groups excluding carboxylic acids is 2. The minimum Gasteiger partial charge on any atom is -0.352 e. The van der Waals surface area contributed by atoms with Crippen LogP contribution in [0.1, 0.15) is 32.8 Å². The molecule has 0 saturated heterocycles. The lowest BCUT2D eigenvalue weighted by atomic mass is 10.1. The van der Waals surface area contributed by atoms with E-state index in [1.807, 2.05) is 0 Å². The van der Waals surface area contributed by atoms with Crippen LogP contribution in [0, 0.1) is 5.82 Å². The van der Waals surface area contributed by atoms with Crippen molar-refractivity contribution >= 4 is 50.9 Å². The molecule has 0 fully saturated rings. The van der Waals surface area contributed by atoms with Crippen LogP contribution in [0.5, 0.6) is 0 Å². The highest BCUT2D eigenvalue weighted by molar-refractivity contribution is 7.90. The summed E-state index contributed by atoms with van der Waals surface area (Å²) in [5.74, 6) is -1.92. The Labute approximate surface area is 222 Å². The average Bonchev–Trinajstić information content (AvgIpc) is 2.78. The SMILES string of the molecule is CCC(C(=O)NC(C)C)N(Cc1ccc(Cl)cc1Cl)C(=O)CN(c1ccccc1F)S(=O)(=O)N(C)C. The minimum absolute atomic E-state index is 0.0913. The van der Waals surface area contributed by atoms with Gasteiger partial charge in [0.2, 0.25) is 11.8 Å². The topological polar surface area (TPSA) is 90.0 Å². The third-order valence-electron chi connectivity index (χ3n) is 5.31. The summed E-state index contributed by atoms with van der Waals surface area (Å²) < 4.78 is 42.5. The van der Waals surface area contributed by atoms with Crippen molar-refractivity contribution in [1.82, 2.24) is 14.5 Å². The third-order valence-corrected chi connectivity index (χ3v) is 7.71. The summed E-state index contributed by atoms with van der Waals surface area (Å²) in [6.45, 7) is 4.48. The Morgan fingerprint density at radius 2 is 1.72 bits per heavy atom. The zero-order valence-corrected chi connectivity index (χ0v) is 23.2. The molecule has 2 rings (SSSR count). The van der Waals surface area contributed by atoms with Crippen LogP contribution in [0.2, 0.25) is 10.0 Å². The van der Waals surface area contributed by atoms with E-state index in [1.54, 1.807) is 32.9 Å². The lowest BCUT2D eigenvalue weighted by molar-refractivity contribution is -0.140. The lowest BCUT2D eigenvalue weighted by Gasteiger charge is -2.34. The Kier molecular flexibility index (Phi) is 10.5. The molecule has 2 amide bonds. The number of hydrogen-bond donors (Lipinski definition) is 1. The molecule has 0 aromatic heterocycles. The highest BCUT2D eigenvalue weighted by Gasteiger charge is 2.35. The van der Waals surface area contributed by atoms with Crippen LogP contribution in [0.25, 0.3) is 0 Å². The van der Waals surface area contributed by atoms with Gasteiger partial charge in [-0.1, -0.05) is 48.3 Å². The number of carbonyl (C=O) groups is 2. The summed E-state index contributed by atoms with van der Waals surface area (Å²) in [7, 11) is -1.70. The van der Waals surface area contributed by atoms with Gasteiger partial charge < -0.3 is 10.2 Å². The van der Waals surface area contributed by atoms with Gasteiger partial charge >= 0.3 is 10.2 Å². The summed E-state index contributed by atoms with van der Waals surface area (Å²) in [4.78, 5) is 28.0. The van der Waals surface area contributed by atoms with Gasteiger partial charge in [-0.05, 0) is 50.1 Å². The maximum atomic E-state index is 14.7. The van der Waals surface area contributed by atoms with Gasteiger partial charge in [-0.15, -0.1) is 0 Å². The molecule has 0 heterocycles. The number of amides is 2. The molecule has 8 nitrogen and oxygen atoms in total. The Bertz CT molecular complexity index is 1190. The second kappa shape index (κ2) is 12.7. The molecule has 12 heteroatoms. The molecule has 0 aliphatic carbocycles. The number of halogens is 3. The number of nitrogens with one attached hydrogen (secondary N) is 1. The molecule has 1 atom stereocenters. The Morgan fingerprint density at radius 1 is 1.08 bits per heavy atom. The fraction of sp³-hybridized carbons (Fsp3) is 0.417. The Morgan fingerprint density at radius 3 is 2.25 bits per heavy atom. The zero-order chi connectivity index (χ0) is 27.2. The molecule has 0 bridgehead atoms. The van der Waals surface area contributed by atoms with Crippen molar-refractivity contribution < 1.29 is 22.4 Å². The van der Waals surface area contributed by atoms with E-state index in [0.29, 0.717) is 14.9 Å². The second-order valence-electron chi connectivity index (χ2n) is 8.59. The van der Waals surface area contributed by atoms with Gasteiger partial charge in [0.15, 0.2) is 0 Å². The largest absolute Gasteiger partial charge is 0.352 e. The standard InChI is InChI=1S/C24H31Cl2FN4O4S/c1-6-21(24(33)28-16(2)3)30(14-17-11-12-18(25)13-19(17)26)23(32)15-31(36(34,35)29(4)5)22-10-8-7-9-20(22)27/h7-13,16,21H,6,14-15H2,1-5H3,(H,28,33). The average molecular weight is 562 g/mol. The summed E-state index contributed by atoms with van der Waals surface area (Å²) in [5, 5.41) is 3.48. The molecular weight excluding hydrogens is 530 g/mol. The molecule has 0 radical (unpaired) electrons. The molecule has 0 saturated carbocycles. The van der Waals surface area contributed by atoms with Gasteiger partial charge in [-0.2, -0.15) is 12.7 Å². The Balaban J connectivity index is 2.56. The van der Waals surface area contributed by atoms with E-state index in [9.17, 15) is 22.4 Å². The van der Waals surface area contributed by atoms with Gasteiger partial charge in [-0.3, -0.25) is 9.59 Å². The van der Waals surface area contributed by atoms with Crippen molar-refractivity contribution in [3.63, 3.8) is 0 Å². The van der Waals surface area contributed by atoms with E-state index >= 15 is 0 Å². The van der Waals surface area contributed by atoms with Crippen molar-refractivity contribution in [2.75, 3.05) is 24.9 Å². The smallest absolute Gasteiger partial charge is 0.304 e. The van der Waals surface area contributed by atoms with E-state index in [0.717, 1.165) is 10.4 Å². The first-order valence-corrected chi connectivity index (χ1v) is 13.4. The first-order chi connectivity index (χ1) is 16.8. The summed E-state index contributed by atoms with van der Waals surface area (Å²) in [5.41, 5.74) is 0.224. The predicted octanol–water partition coefficient (Wildman–Crippen LogP) is 4.08. The number of hydrogen-bond acceptors (Lipinski definition) is 4. The Hall–Kier alpha value is -2.40. The number of rotatable bonds is 11. The van der Waals surface area contributed by atoms with Crippen molar-refractivity contribution in [1.29, 1.82) is 0 Å². The normalized spacial score (nSPS) is 12.5. The van der Waals surface area contributed by atoms with Crippen LogP contribution >= 0.6 is 23.2 Å². The summed E-state index contributed by atoms with van der Waals surface area (Å²) in [6, 6.07) is 8.88. The predicted molar refractivity (Wildman–Crippen MR) is 141 cm³/mol. The van der Waals surface area contributed by atoms with Gasteiger partial charge in [0.1, 0.15) is 18.4 Å².